The van der Waals surface area contributed by atoms with Gasteiger partial charge in [-0.3, -0.25) is 9.59 Å². The third-order valence-electron chi connectivity index (χ3n) is 8.65. The molecule has 3 saturated carbocycles. The summed E-state index contributed by atoms with van der Waals surface area (Å²) in [6.07, 6.45) is 7.30. The van der Waals surface area contributed by atoms with Crippen LogP contribution in [0.5, 0.6) is 0 Å². The highest BCUT2D eigenvalue weighted by Crippen LogP contribution is 2.68. The zero-order valence-corrected chi connectivity index (χ0v) is 16.3. The molecule has 148 valence electrons. The monoisotopic (exact) mass is 374 g/mol. The van der Waals surface area contributed by atoms with E-state index in [2.05, 4.69) is 6.92 Å². The van der Waals surface area contributed by atoms with Gasteiger partial charge in [-0.05, 0) is 55.6 Å². The van der Waals surface area contributed by atoms with E-state index in [1.54, 1.807) is 12.2 Å². The molecule has 0 aromatic heterocycles. The van der Waals surface area contributed by atoms with E-state index in [9.17, 15) is 24.9 Å². The molecule has 0 radical (unpaired) electrons. The van der Waals surface area contributed by atoms with E-state index >= 15 is 0 Å². The lowest BCUT2D eigenvalue weighted by Gasteiger charge is -2.59. The Bertz CT molecular complexity index is 754. The number of aliphatic hydroxyl groups excluding tert-OH is 2. The van der Waals surface area contributed by atoms with Gasteiger partial charge in [-0.2, -0.15) is 0 Å². The molecule has 8 atom stereocenters. The molecule has 0 amide bonds. The van der Waals surface area contributed by atoms with Crippen LogP contribution in [0.2, 0.25) is 0 Å². The van der Waals surface area contributed by atoms with E-state index in [1.165, 1.54) is 0 Å². The summed E-state index contributed by atoms with van der Waals surface area (Å²) in [5.74, 6) is -0.539. The lowest BCUT2D eigenvalue weighted by atomic mass is 9.46. The molecule has 5 nitrogen and oxygen atoms in total. The molecule has 27 heavy (non-hydrogen) atoms. The molecule has 4 aliphatic rings. The second-order valence-electron chi connectivity index (χ2n) is 9.70. The molecule has 0 unspecified atom stereocenters. The van der Waals surface area contributed by atoms with Crippen LogP contribution in [0.1, 0.15) is 46.5 Å². The summed E-state index contributed by atoms with van der Waals surface area (Å²) in [5.41, 5.74) is -1.62. The zero-order chi connectivity index (χ0) is 19.8. The number of fused-ring (bicyclic) bond motifs is 5. The molecule has 0 bridgehead atoms. The number of Topliss-reactive ketones (excluding diaryl/α,β-unsaturated/α-hetero) is 1. The molecule has 0 aromatic rings. The first-order chi connectivity index (χ1) is 12.6. The van der Waals surface area contributed by atoms with Crippen molar-refractivity contribution in [1.29, 1.82) is 0 Å². The van der Waals surface area contributed by atoms with Crippen LogP contribution in [0.15, 0.2) is 23.8 Å². The first-order valence-corrected chi connectivity index (χ1v) is 10.1. The zero-order valence-electron chi connectivity index (χ0n) is 16.3. The largest absolute Gasteiger partial charge is 0.393 e. The Kier molecular flexibility index (Phi) is 4.12. The molecular formula is C22H30O5. The van der Waals surface area contributed by atoms with Gasteiger partial charge in [0.2, 0.25) is 0 Å². The Morgan fingerprint density at radius 1 is 1.33 bits per heavy atom. The minimum atomic E-state index is -1.60. The van der Waals surface area contributed by atoms with Crippen molar-refractivity contribution in [3.8, 4) is 0 Å². The van der Waals surface area contributed by atoms with Gasteiger partial charge < -0.3 is 15.3 Å². The molecule has 4 aliphatic carbocycles. The van der Waals surface area contributed by atoms with Crippen LogP contribution in [0.25, 0.3) is 0 Å². The van der Waals surface area contributed by atoms with Gasteiger partial charge in [0.1, 0.15) is 12.2 Å². The maximum Gasteiger partial charge on any atom is 0.190 e. The summed E-state index contributed by atoms with van der Waals surface area (Å²) < 4.78 is 0. The van der Waals surface area contributed by atoms with Gasteiger partial charge in [-0.15, -0.1) is 0 Å². The quantitative estimate of drug-likeness (QED) is 0.685. The second kappa shape index (κ2) is 5.85. The number of carbonyl (C=O) groups excluding carboxylic acids is 2. The third-order valence-corrected chi connectivity index (χ3v) is 8.65. The molecule has 5 heteroatoms. The van der Waals surface area contributed by atoms with Crippen LogP contribution in [0.3, 0.4) is 0 Å². The number of carbonyl (C=O) groups is 2. The Balaban J connectivity index is 1.78. The topological polar surface area (TPSA) is 94.8 Å². The number of aliphatic hydroxyl groups is 3. The van der Waals surface area contributed by atoms with Crippen molar-refractivity contribution in [2.75, 3.05) is 6.61 Å². The first-order valence-electron chi connectivity index (χ1n) is 10.1. The Labute approximate surface area is 160 Å². The summed E-state index contributed by atoms with van der Waals surface area (Å²) in [5, 5.41) is 32.1. The number of hydrogen-bond acceptors (Lipinski definition) is 5. The highest BCUT2D eigenvalue weighted by molar-refractivity contribution is 6.01. The molecule has 3 N–H and O–H groups in total. The maximum atomic E-state index is 12.6. The molecule has 0 heterocycles. The van der Waals surface area contributed by atoms with Crippen LogP contribution in [0, 0.1) is 34.5 Å². The summed E-state index contributed by atoms with van der Waals surface area (Å²) in [6, 6.07) is 0. The van der Waals surface area contributed by atoms with Crippen molar-refractivity contribution in [3.63, 3.8) is 0 Å². The summed E-state index contributed by atoms with van der Waals surface area (Å²) in [6.45, 7) is 5.23. The minimum absolute atomic E-state index is 0.00784. The van der Waals surface area contributed by atoms with Crippen molar-refractivity contribution < 1.29 is 24.9 Å². The fourth-order valence-electron chi connectivity index (χ4n) is 7.37. The van der Waals surface area contributed by atoms with Gasteiger partial charge in [0, 0.05) is 16.7 Å². The number of allylic oxidation sites excluding steroid dienone is 4. The molecular weight excluding hydrogens is 344 g/mol. The fourth-order valence-corrected chi connectivity index (χ4v) is 7.37. The van der Waals surface area contributed by atoms with Crippen molar-refractivity contribution in [2.45, 2.75) is 58.2 Å². The maximum absolute atomic E-state index is 12.6. The number of rotatable bonds is 2. The molecule has 0 aliphatic heterocycles. The van der Waals surface area contributed by atoms with Crippen LogP contribution in [0.4, 0.5) is 0 Å². The van der Waals surface area contributed by atoms with Gasteiger partial charge in [0.05, 0.1) is 6.10 Å². The lowest BCUT2D eigenvalue weighted by Crippen LogP contribution is -2.62. The molecule has 0 spiro atoms. The van der Waals surface area contributed by atoms with Crippen LogP contribution >= 0.6 is 0 Å². The van der Waals surface area contributed by atoms with Crippen LogP contribution < -0.4 is 0 Å². The van der Waals surface area contributed by atoms with Crippen molar-refractivity contribution >= 4 is 11.6 Å². The van der Waals surface area contributed by atoms with E-state index in [-0.39, 0.29) is 34.9 Å². The fraction of sp³-hybridized carbons (Fsp3) is 0.727. The highest BCUT2D eigenvalue weighted by atomic mass is 16.3. The summed E-state index contributed by atoms with van der Waals surface area (Å²) >= 11 is 0. The predicted octanol–water partition coefficient (Wildman–Crippen LogP) is 1.80. The summed E-state index contributed by atoms with van der Waals surface area (Å²) in [7, 11) is 0. The number of ketones is 2. The molecule has 0 aromatic carbocycles. The van der Waals surface area contributed by atoms with E-state index in [0.29, 0.717) is 12.8 Å². The van der Waals surface area contributed by atoms with Crippen LogP contribution in [-0.4, -0.2) is 45.2 Å². The van der Waals surface area contributed by atoms with Gasteiger partial charge in [-0.1, -0.05) is 32.4 Å². The van der Waals surface area contributed by atoms with Gasteiger partial charge in [0.15, 0.2) is 11.6 Å². The third kappa shape index (κ3) is 2.22. The van der Waals surface area contributed by atoms with Crippen molar-refractivity contribution in [2.24, 2.45) is 34.5 Å². The van der Waals surface area contributed by atoms with E-state index in [0.717, 1.165) is 18.4 Å². The second-order valence-corrected chi connectivity index (χ2v) is 9.70. The lowest BCUT2D eigenvalue weighted by molar-refractivity contribution is -0.183. The smallest absolute Gasteiger partial charge is 0.190 e. The standard InChI is InChI=1S/C22H30O5/c1-12-8-16-15-5-4-13-9-14(24)6-7-20(13,2)19(15)17(25)10-21(16,3)22(12,27)18(26)11-23/h6-7,9,12,15-17,19,23,25,27H,4-5,8,10-11H2,1-3H3/t12-,15-,16-,17+,19+,20+,21-,22-/m1/s1. The minimum Gasteiger partial charge on any atom is -0.393 e. The van der Waals surface area contributed by atoms with Gasteiger partial charge in [0.25, 0.3) is 0 Å². The molecule has 4 rings (SSSR count). The van der Waals surface area contributed by atoms with Gasteiger partial charge >= 0.3 is 0 Å². The first kappa shape index (κ1) is 19.0. The van der Waals surface area contributed by atoms with E-state index in [1.807, 2.05) is 19.9 Å². The van der Waals surface area contributed by atoms with Gasteiger partial charge in [-0.25, -0.2) is 0 Å². The van der Waals surface area contributed by atoms with Crippen LogP contribution in [-0.2, 0) is 9.59 Å². The Hall–Kier alpha value is -1.30. The van der Waals surface area contributed by atoms with E-state index < -0.39 is 29.5 Å². The average molecular weight is 374 g/mol. The summed E-state index contributed by atoms with van der Waals surface area (Å²) in [4.78, 5) is 24.4. The van der Waals surface area contributed by atoms with Crippen molar-refractivity contribution in [1.82, 2.24) is 0 Å². The van der Waals surface area contributed by atoms with E-state index in [4.69, 9.17) is 0 Å². The predicted molar refractivity (Wildman–Crippen MR) is 99.6 cm³/mol. The Morgan fingerprint density at radius 2 is 2.04 bits per heavy atom. The SMILES string of the molecule is C[C@@H]1C[C@@H]2[C@H]3CCC4=CC(=O)C=C[C@]4(C)[C@@H]3[C@@H](O)C[C@@]2(C)[C@]1(O)C(=O)CO. The molecule has 3 fully saturated rings. The highest BCUT2D eigenvalue weighted by Gasteiger charge is 2.70. The van der Waals surface area contributed by atoms with Crippen molar-refractivity contribution in [3.05, 3.63) is 23.8 Å². The Morgan fingerprint density at radius 3 is 2.70 bits per heavy atom. The number of hydrogen-bond donors (Lipinski definition) is 3. The molecule has 0 saturated heterocycles. The normalized spacial score (nSPS) is 51.3. The average Bonchev–Trinajstić information content (AvgIpc) is 2.82.